The predicted molar refractivity (Wildman–Crippen MR) is 79.5 cm³/mol. The largest absolute Gasteiger partial charge is 0.395 e. The summed E-state index contributed by atoms with van der Waals surface area (Å²) < 4.78 is 2.19. The molecule has 0 radical (unpaired) electrons. The van der Waals surface area contributed by atoms with Gasteiger partial charge in [-0.05, 0) is 38.3 Å². The molecule has 1 aromatic heterocycles. The molecule has 1 saturated carbocycles. The number of aliphatic hydroxyl groups is 1. The summed E-state index contributed by atoms with van der Waals surface area (Å²) in [6.45, 7) is 2.27. The molecule has 0 spiro atoms. The number of nitrogens with zero attached hydrogens (tertiary/aromatic N) is 3. The highest BCUT2D eigenvalue weighted by Crippen LogP contribution is 2.27. The predicted octanol–water partition coefficient (Wildman–Crippen LogP) is 2.74. The van der Waals surface area contributed by atoms with Crippen molar-refractivity contribution in [2.24, 2.45) is 0 Å². The maximum absolute atomic E-state index is 9.48. The zero-order valence-electron chi connectivity index (χ0n) is 12.4. The molecule has 2 aliphatic rings. The average Bonchev–Trinajstić information content (AvgIpc) is 2.97. The third kappa shape index (κ3) is 3.23. The van der Waals surface area contributed by atoms with Gasteiger partial charge in [0.15, 0.2) is 0 Å². The first-order chi connectivity index (χ1) is 9.86. The first-order valence-corrected chi connectivity index (χ1v) is 8.26. The van der Waals surface area contributed by atoms with Crippen LogP contribution in [0.2, 0.25) is 0 Å². The summed E-state index contributed by atoms with van der Waals surface area (Å²) in [6.07, 6.45) is 12.4. The van der Waals surface area contributed by atoms with Crippen molar-refractivity contribution in [1.82, 2.24) is 14.7 Å². The Morgan fingerprint density at radius 3 is 2.70 bits per heavy atom. The lowest BCUT2D eigenvalue weighted by molar-refractivity contribution is 0.0828. The van der Waals surface area contributed by atoms with E-state index < -0.39 is 0 Å². The van der Waals surface area contributed by atoms with Crippen molar-refractivity contribution in [2.75, 3.05) is 13.2 Å². The van der Waals surface area contributed by atoms with E-state index in [2.05, 4.69) is 21.8 Å². The van der Waals surface area contributed by atoms with E-state index in [1.54, 1.807) is 0 Å². The topological polar surface area (TPSA) is 41.3 Å². The summed E-state index contributed by atoms with van der Waals surface area (Å²) in [7, 11) is 0. The highest BCUT2D eigenvalue weighted by atomic mass is 16.3. The van der Waals surface area contributed by atoms with Gasteiger partial charge in [-0.1, -0.05) is 25.7 Å². The molecule has 1 saturated heterocycles. The van der Waals surface area contributed by atoms with Crippen molar-refractivity contribution in [3.8, 4) is 0 Å². The monoisotopic (exact) mass is 277 g/mol. The Hall–Kier alpha value is -0.870. The highest BCUT2D eigenvalue weighted by molar-refractivity contribution is 5.01. The van der Waals surface area contributed by atoms with E-state index in [-0.39, 0.29) is 6.61 Å². The maximum Gasteiger partial charge on any atom is 0.0765 e. The fourth-order valence-corrected chi connectivity index (χ4v) is 3.69. The SMILES string of the molecule is OCC1CCCCN1Cc1ccn(C2CCCCC2)n1. The molecule has 0 aromatic carbocycles. The van der Waals surface area contributed by atoms with Gasteiger partial charge in [-0.2, -0.15) is 5.10 Å². The molecule has 1 aliphatic heterocycles. The number of hydrogen-bond donors (Lipinski definition) is 1. The normalized spacial score (nSPS) is 25.9. The van der Waals surface area contributed by atoms with Crippen LogP contribution in [0.15, 0.2) is 12.3 Å². The third-order valence-electron chi connectivity index (χ3n) is 4.94. The molecular formula is C16H27N3O. The van der Waals surface area contributed by atoms with Crippen molar-refractivity contribution in [3.63, 3.8) is 0 Å². The molecule has 4 heteroatoms. The molecule has 3 rings (SSSR count). The summed E-state index contributed by atoms with van der Waals surface area (Å²) >= 11 is 0. The van der Waals surface area contributed by atoms with Crippen molar-refractivity contribution < 1.29 is 5.11 Å². The Labute approximate surface area is 121 Å². The zero-order valence-corrected chi connectivity index (χ0v) is 12.4. The fourth-order valence-electron chi connectivity index (χ4n) is 3.69. The first-order valence-electron chi connectivity index (χ1n) is 8.26. The third-order valence-corrected chi connectivity index (χ3v) is 4.94. The molecule has 2 heterocycles. The second-order valence-corrected chi connectivity index (χ2v) is 6.38. The molecule has 0 bridgehead atoms. The molecule has 1 aliphatic carbocycles. The number of piperidine rings is 1. The summed E-state index contributed by atoms with van der Waals surface area (Å²) in [5.41, 5.74) is 1.16. The quantitative estimate of drug-likeness (QED) is 0.920. The average molecular weight is 277 g/mol. The van der Waals surface area contributed by atoms with Crippen LogP contribution in [0.3, 0.4) is 0 Å². The number of aromatic nitrogens is 2. The Morgan fingerprint density at radius 2 is 1.90 bits per heavy atom. The van der Waals surface area contributed by atoms with Gasteiger partial charge in [0, 0.05) is 18.8 Å². The van der Waals surface area contributed by atoms with Crippen LogP contribution in [0, 0.1) is 0 Å². The van der Waals surface area contributed by atoms with Crippen molar-refractivity contribution in [3.05, 3.63) is 18.0 Å². The minimum absolute atomic E-state index is 0.281. The summed E-state index contributed by atoms with van der Waals surface area (Å²) in [4.78, 5) is 2.40. The lowest BCUT2D eigenvalue weighted by atomic mass is 9.96. The fraction of sp³-hybridized carbons (Fsp3) is 0.812. The summed E-state index contributed by atoms with van der Waals surface area (Å²) in [5, 5.41) is 14.3. The van der Waals surface area contributed by atoms with Crippen LogP contribution >= 0.6 is 0 Å². The molecule has 1 unspecified atom stereocenters. The van der Waals surface area contributed by atoms with Gasteiger partial charge in [0.1, 0.15) is 0 Å². The number of hydrogen-bond acceptors (Lipinski definition) is 3. The van der Waals surface area contributed by atoms with E-state index >= 15 is 0 Å². The Morgan fingerprint density at radius 1 is 1.10 bits per heavy atom. The highest BCUT2D eigenvalue weighted by Gasteiger charge is 2.23. The Bertz CT molecular complexity index is 412. The standard InChI is InChI=1S/C16H27N3O/c20-13-16-8-4-5-10-18(16)12-14-9-11-19(17-14)15-6-2-1-3-7-15/h9,11,15-16,20H,1-8,10,12-13H2. The molecule has 20 heavy (non-hydrogen) atoms. The van der Waals surface area contributed by atoms with Crippen molar-refractivity contribution in [1.29, 1.82) is 0 Å². The van der Waals surface area contributed by atoms with E-state index in [4.69, 9.17) is 5.10 Å². The lowest BCUT2D eigenvalue weighted by Crippen LogP contribution is -2.41. The van der Waals surface area contributed by atoms with Crippen LogP contribution in [-0.4, -0.2) is 39.0 Å². The zero-order chi connectivity index (χ0) is 13.8. The van der Waals surface area contributed by atoms with Crippen LogP contribution in [0.4, 0.5) is 0 Å². The summed E-state index contributed by atoms with van der Waals surface area (Å²) in [5.74, 6) is 0. The minimum atomic E-state index is 0.281. The van der Waals surface area contributed by atoms with Crippen molar-refractivity contribution in [2.45, 2.75) is 70.0 Å². The van der Waals surface area contributed by atoms with Gasteiger partial charge in [-0.15, -0.1) is 0 Å². The molecule has 1 aromatic rings. The van der Waals surface area contributed by atoms with Crippen molar-refractivity contribution >= 4 is 0 Å². The van der Waals surface area contributed by atoms with Crippen LogP contribution < -0.4 is 0 Å². The van der Waals surface area contributed by atoms with Gasteiger partial charge in [0.25, 0.3) is 0 Å². The smallest absolute Gasteiger partial charge is 0.0765 e. The molecule has 0 amide bonds. The molecule has 1 atom stereocenters. The number of likely N-dealkylation sites (tertiary alicyclic amines) is 1. The van der Waals surface area contributed by atoms with E-state index in [0.717, 1.165) is 25.2 Å². The van der Waals surface area contributed by atoms with Gasteiger partial charge >= 0.3 is 0 Å². The molecule has 2 fully saturated rings. The van der Waals surface area contributed by atoms with E-state index in [0.29, 0.717) is 12.1 Å². The second-order valence-electron chi connectivity index (χ2n) is 6.38. The second kappa shape index (κ2) is 6.72. The molecular weight excluding hydrogens is 250 g/mol. The van der Waals surface area contributed by atoms with E-state index in [1.165, 1.54) is 44.9 Å². The first kappa shape index (κ1) is 14.1. The van der Waals surface area contributed by atoms with Gasteiger partial charge in [0.05, 0.1) is 18.3 Å². The maximum atomic E-state index is 9.48. The van der Waals surface area contributed by atoms with Gasteiger partial charge in [-0.3, -0.25) is 9.58 Å². The Kier molecular flexibility index (Phi) is 4.73. The summed E-state index contributed by atoms with van der Waals surface area (Å²) in [6, 6.07) is 3.12. The van der Waals surface area contributed by atoms with Crippen LogP contribution in [0.1, 0.15) is 63.1 Å². The van der Waals surface area contributed by atoms with E-state index in [9.17, 15) is 5.11 Å². The van der Waals surface area contributed by atoms with Crippen LogP contribution in [0.25, 0.3) is 0 Å². The molecule has 1 N–H and O–H groups in total. The van der Waals surface area contributed by atoms with Gasteiger partial charge in [-0.25, -0.2) is 0 Å². The van der Waals surface area contributed by atoms with Crippen LogP contribution in [-0.2, 0) is 6.54 Å². The lowest BCUT2D eigenvalue weighted by Gasteiger charge is -2.33. The van der Waals surface area contributed by atoms with E-state index in [1.807, 2.05) is 0 Å². The van der Waals surface area contributed by atoms with Gasteiger partial charge in [0.2, 0.25) is 0 Å². The van der Waals surface area contributed by atoms with Crippen LogP contribution in [0.5, 0.6) is 0 Å². The number of rotatable bonds is 4. The molecule has 4 nitrogen and oxygen atoms in total. The minimum Gasteiger partial charge on any atom is -0.395 e. The molecule has 112 valence electrons. The van der Waals surface area contributed by atoms with Gasteiger partial charge < -0.3 is 5.11 Å². The number of aliphatic hydroxyl groups excluding tert-OH is 1. The Balaban J connectivity index is 1.61.